The van der Waals surface area contributed by atoms with E-state index in [0.717, 1.165) is 11.4 Å². The van der Waals surface area contributed by atoms with Crippen LogP contribution in [0.4, 0.5) is 11.4 Å². The maximum atomic E-state index is 11.8. The van der Waals surface area contributed by atoms with Crippen LogP contribution < -0.4 is 11.1 Å². The number of hydrogen-bond donors (Lipinski definition) is 3. The summed E-state index contributed by atoms with van der Waals surface area (Å²) in [6.07, 6.45) is 1.58. The zero-order chi connectivity index (χ0) is 12.4. The van der Waals surface area contributed by atoms with E-state index in [1.165, 1.54) is 0 Å². The zero-order valence-electron chi connectivity index (χ0n) is 9.74. The van der Waals surface area contributed by atoms with Crippen molar-refractivity contribution in [3.63, 3.8) is 0 Å². The second-order valence-corrected chi connectivity index (χ2v) is 3.89. The van der Waals surface area contributed by atoms with Crippen molar-refractivity contribution in [1.82, 2.24) is 9.97 Å². The number of anilines is 2. The molecule has 0 saturated carbocycles. The fourth-order valence-corrected chi connectivity index (χ4v) is 1.55. The Bertz CT molecular complexity index is 559. The number of hydrogen-bond acceptors (Lipinski definition) is 3. The van der Waals surface area contributed by atoms with E-state index in [0.29, 0.717) is 17.1 Å². The SMILES string of the molecule is Cc1ccc(NC(=O)c2cc(N)c[nH]2)c(C)n1. The fourth-order valence-electron chi connectivity index (χ4n) is 1.55. The molecule has 4 N–H and O–H groups in total. The summed E-state index contributed by atoms with van der Waals surface area (Å²) in [6.45, 7) is 3.76. The lowest BCUT2D eigenvalue weighted by Crippen LogP contribution is -2.13. The summed E-state index contributed by atoms with van der Waals surface area (Å²) in [4.78, 5) is 18.9. The Kier molecular flexibility index (Phi) is 2.82. The van der Waals surface area contributed by atoms with Crippen molar-refractivity contribution >= 4 is 17.3 Å². The van der Waals surface area contributed by atoms with Gasteiger partial charge in [-0.1, -0.05) is 0 Å². The van der Waals surface area contributed by atoms with Crippen LogP contribution in [-0.4, -0.2) is 15.9 Å². The van der Waals surface area contributed by atoms with Crippen LogP contribution in [0.1, 0.15) is 21.9 Å². The molecule has 2 aromatic heterocycles. The number of rotatable bonds is 2. The van der Waals surface area contributed by atoms with Crippen LogP contribution in [0.3, 0.4) is 0 Å². The van der Waals surface area contributed by atoms with Crippen LogP contribution in [0.25, 0.3) is 0 Å². The Balaban J connectivity index is 2.18. The van der Waals surface area contributed by atoms with Crippen LogP contribution in [0.5, 0.6) is 0 Å². The number of aryl methyl sites for hydroxylation is 2. The zero-order valence-corrected chi connectivity index (χ0v) is 9.74. The molecule has 1 amide bonds. The van der Waals surface area contributed by atoms with E-state index in [1.54, 1.807) is 12.3 Å². The molecule has 2 rings (SSSR count). The number of aromatic amines is 1. The lowest BCUT2D eigenvalue weighted by Gasteiger charge is -2.07. The largest absolute Gasteiger partial charge is 0.397 e. The molecule has 0 radical (unpaired) electrons. The smallest absolute Gasteiger partial charge is 0.272 e. The summed E-state index contributed by atoms with van der Waals surface area (Å²) in [5.41, 5.74) is 8.92. The summed E-state index contributed by atoms with van der Waals surface area (Å²) in [6, 6.07) is 5.28. The maximum absolute atomic E-state index is 11.8. The number of aromatic nitrogens is 2. The van der Waals surface area contributed by atoms with Crippen LogP contribution in [0.15, 0.2) is 24.4 Å². The molecular formula is C12H14N4O. The van der Waals surface area contributed by atoms with Crippen molar-refractivity contribution in [2.24, 2.45) is 0 Å². The van der Waals surface area contributed by atoms with Gasteiger partial charge in [-0.25, -0.2) is 0 Å². The van der Waals surface area contributed by atoms with Crippen LogP contribution in [0, 0.1) is 13.8 Å². The summed E-state index contributed by atoms with van der Waals surface area (Å²) < 4.78 is 0. The number of pyridine rings is 1. The Hall–Kier alpha value is -2.30. The number of nitrogens with two attached hydrogens (primary N) is 1. The van der Waals surface area contributed by atoms with E-state index >= 15 is 0 Å². The minimum atomic E-state index is -0.226. The van der Waals surface area contributed by atoms with Crippen molar-refractivity contribution in [2.45, 2.75) is 13.8 Å². The average molecular weight is 230 g/mol. The number of nitrogens with zero attached hydrogens (tertiary/aromatic N) is 1. The Morgan fingerprint density at radius 2 is 2.18 bits per heavy atom. The van der Waals surface area contributed by atoms with Crippen molar-refractivity contribution in [1.29, 1.82) is 0 Å². The molecule has 0 unspecified atom stereocenters. The van der Waals surface area contributed by atoms with Crippen molar-refractivity contribution < 1.29 is 4.79 Å². The lowest BCUT2D eigenvalue weighted by atomic mass is 10.2. The standard InChI is InChI=1S/C12H14N4O/c1-7-3-4-10(8(2)15-7)16-12(17)11-5-9(13)6-14-11/h3-6,14H,13H2,1-2H3,(H,16,17). The Labute approximate surface area is 99.1 Å². The fraction of sp³-hybridized carbons (Fsp3) is 0.167. The molecule has 0 bridgehead atoms. The molecule has 0 aromatic carbocycles. The lowest BCUT2D eigenvalue weighted by molar-refractivity contribution is 0.102. The monoisotopic (exact) mass is 230 g/mol. The molecule has 0 atom stereocenters. The molecule has 2 aromatic rings. The predicted octanol–water partition coefficient (Wildman–Crippen LogP) is 1.86. The molecule has 0 saturated heterocycles. The molecule has 0 aliphatic heterocycles. The highest BCUT2D eigenvalue weighted by atomic mass is 16.1. The number of nitrogen functional groups attached to an aromatic ring is 1. The highest BCUT2D eigenvalue weighted by molar-refractivity contribution is 6.03. The molecule has 0 spiro atoms. The topological polar surface area (TPSA) is 83.8 Å². The highest BCUT2D eigenvalue weighted by Gasteiger charge is 2.09. The highest BCUT2D eigenvalue weighted by Crippen LogP contribution is 2.14. The van der Waals surface area contributed by atoms with Gasteiger partial charge in [0.25, 0.3) is 5.91 Å². The van der Waals surface area contributed by atoms with Crippen molar-refractivity contribution in [2.75, 3.05) is 11.1 Å². The number of carbonyl (C=O) groups excluding carboxylic acids is 1. The molecule has 0 aliphatic carbocycles. The number of H-pyrrole nitrogens is 1. The second kappa shape index (κ2) is 4.29. The molecule has 88 valence electrons. The van der Waals surface area contributed by atoms with Gasteiger partial charge in [0, 0.05) is 17.6 Å². The van der Waals surface area contributed by atoms with Gasteiger partial charge in [0.2, 0.25) is 0 Å². The molecule has 0 fully saturated rings. The van der Waals surface area contributed by atoms with Gasteiger partial charge in [-0.3, -0.25) is 9.78 Å². The third kappa shape index (κ3) is 2.44. The van der Waals surface area contributed by atoms with E-state index in [1.807, 2.05) is 26.0 Å². The first kappa shape index (κ1) is 11.2. The summed E-state index contributed by atoms with van der Waals surface area (Å²) in [5, 5.41) is 2.78. The first-order valence-corrected chi connectivity index (χ1v) is 5.26. The second-order valence-electron chi connectivity index (χ2n) is 3.89. The third-order valence-electron chi connectivity index (χ3n) is 2.42. The van der Waals surface area contributed by atoms with Crippen LogP contribution in [-0.2, 0) is 0 Å². The van der Waals surface area contributed by atoms with Gasteiger partial charge in [-0.15, -0.1) is 0 Å². The van der Waals surface area contributed by atoms with Gasteiger partial charge in [-0.2, -0.15) is 0 Å². The maximum Gasteiger partial charge on any atom is 0.272 e. The number of carbonyl (C=O) groups is 1. The van der Waals surface area contributed by atoms with E-state index in [4.69, 9.17) is 5.73 Å². The summed E-state index contributed by atoms with van der Waals surface area (Å²) >= 11 is 0. The predicted molar refractivity (Wildman–Crippen MR) is 66.9 cm³/mol. The molecule has 5 heteroatoms. The van der Waals surface area contributed by atoms with Crippen LogP contribution >= 0.6 is 0 Å². The summed E-state index contributed by atoms with van der Waals surface area (Å²) in [7, 11) is 0. The molecule has 17 heavy (non-hydrogen) atoms. The van der Waals surface area contributed by atoms with E-state index in [2.05, 4.69) is 15.3 Å². The van der Waals surface area contributed by atoms with Gasteiger partial charge in [0.1, 0.15) is 5.69 Å². The Morgan fingerprint density at radius 1 is 1.41 bits per heavy atom. The first-order valence-electron chi connectivity index (χ1n) is 5.26. The van der Waals surface area contributed by atoms with E-state index < -0.39 is 0 Å². The minimum absolute atomic E-state index is 0.226. The van der Waals surface area contributed by atoms with Gasteiger partial charge >= 0.3 is 0 Å². The number of nitrogens with one attached hydrogen (secondary N) is 2. The molecule has 5 nitrogen and oxygen atoms in total. The van der Waals surface area contributed by atoms with Crippen LogP contribution in [0.2, 0.25) is 0 Å². The Morgan fingerprint density at radius 3 is 2.76 bits per heavy atom. The van der Waals surface area contributed by atoms with Gasteiger partial charge in [0.05, 0.1) is 11.4 Å². The van der Waals surface area contributed by atoms with Crippen molar-refractivity contribution in [3.8, 4) is 0 Å². The van der Waals surface area contributed by atoms with Gasteiger partial charge < -0.3 is 16.0 Å². The minimum Gasteiger partial charge on any atom is -0.397 e. The van der Waals surface area contributed by atoms with Gasteiger partial charge in [-0.05, 0) is 32.0 Å². The first-order chi connectivity index (χ1) is 8.06. The van der Waals surface area contributed by atoms with Crippen molar-refractivity contribution in [3.05, 3.63) is 41.5 Å². The normalized spacial score (nSPS) is 10.2. The quantitative estimate of drug-likeness (QED) is 0.736. The number of amides is 1. The molecule has 0 aliphatic rings. The average Bonchev–Trinajstić information content (AvgIpc) is 2.69. The van der Waals surface area contributed by atoms with E-state index in [-0.39, 0.29) is 5.91 Å². The molecule has 2 heterocycles. The third-order valence-corrected chi connectivity index (χ3v) is 2.42. The van der Waals surface area contributed by atoms with Gasteiger partial charge in [0.15, 0.2) is 0 Å². The molecular weight excluding hydrogens is 216 g/mol. The van der Waals surface area contributed by atoms with E-state index in [9.17, 15) is 4.79 Å². The summed E-state index contributed by atoms with van der Waals surface area (Å²) in [5.74, 6) is -0.226.